The molecule has 0 saturated carbocycles. The van der Waals surface area contributed by atoms with E-state index in [1.165, 1.54) is 28.0 Å². The number of rotatable bonds is 16. The molecule has 0 bridgehead atoms. The molecule has 14 heteroatoms. The summed E-state index contributed by atoms with van der Waals surface area (Å²) >= 11 is 2.61. The highest BCUT2D eigenvalue weighted by Gasteiger charge is 2.55. The Bertz CT molecular complexity index is 3130. The summed E-state index contributed by atoms with van der Waals surface area (Å²) in [5.74, 6) is 3.65. The molecule has 0 radical (unpaired) electrons. The molecule has 0 spiro atoms. The van der Waals surface area contributed by atoms with Gasteiger partial charge in [0.15, 0.2) is 16.9 Å². The molecule has 7 aromatic rings. The number of oxime groups is 1. The number of anilines is 1. The summed E-state index contributed by atoms with van der Waals surface area (Å²) in [6.07, 6.45) is 2.57. The van der Waals surface area contributed by atoms with Gasteiger partial charge in [-0.05, 0) is 78.4 Å². The summed E-state index contributed by atoms with van der Waals surface area (Å²) in [4.78, 5) is 68.5. The van der Waals surface area contributed by atoms with Crippen molar-refractivity contribution in [3.63, 3.8) is 0 Å². The van der Waals surface area contributed by atoms with Gasteiger partial charge in [0.2, 0.25) is 6.61 Å². The number of thioether (sulfide) groups is 1. The van der Waals surface area contributed by atoms with E-state index < -0.39 is 59.0 Å². The highest BCUT2D eigenvalue weighted by atomic mass is 32.2. The Morgan fingerprint density at radius 1 is 0.770 bits per heavy atom. The summed E-state index contributed by atoms with van der Waals surface area (Å²) < 4.78 is 11.8. The van der Waals surface area contributed by atoms with Gasteiger partial charge >= 0.3 is 11.9 Å². The van der Waals surface area contributed by atoms with Crippen molar-refractivity contribution < 1.29 is 33.5 Å². The fourth-order valence-corrected chi connectivity index (χ4v) is 10.7. The number of fused-ring (bicyclic) bond motifs is 1. The molecule has 0 unspecified atom stereocenters. The first-order valence-electron chi connectivity index (χ1n) is 23.8. The van der Waals surface area contributed by atoms with Gasteiger partial charge in [-0.15, -0.1) is 23.1 Å². The van der Waals surface area contributed by atoms with Gasteiger partial charge in [-0.1, -0.05) is 187 Å². The molecule has 2 atom stereocenters. The van der Waals surface area contributed by atoms with Gasteiger partial charge in [-0.25, -0.2) is 14.6 Å². The summed E-state index contributed by atoms with van der Waals surface area (Å²) in [6, 6.07) is 57.1. The number of nitrogens with one attached hydrogen (secondary N) is 2. The molecule has 0 aliphatic carbocycles. The van der Waals surface area contributed by atoms with Crippen LogP contribution in [0.25, 0.3) is 0 Å². The van der Waals surface area contributed by atoms with E-state index in [4.69, 9.17) is 19.3 Å². The van der Waals surface area contributed by atoms with E-state index in [-0.39, 0.29) is 22.9 Å². The van der Waals surface area contributed by atoms with Crippen LogP contribution in [0.3, 0.4) is 0 Å². The van der Waals surface area contributed by atoms with Crippen molar-refractivity contribution >= 4 is 57.7 Å². The molecule has 9 rings (SSSR count). The molecule has 74 heavy (non-hydrogen) atoms. The van der Waals surface area contributed by atoms with E-state index in [2.05, 4.69) is 27.6 Å². The second kappa shape index (κ2) is 22.9. The number of hydrogen-bond acceptors (Lipinski definition) is 12. The Balaban J connectivity index is 1.03. The van der Waals surface area contributed by atoms with E-state index in [1.807, 2.05) is 182 Å². The monoisotopic (exact) mass is 1020 g/mol. The van der Waals surface area contributed by atoms with Crippen molar-refractivity contribution in [2.24, 2.45) is 5.16 Å². The maximum absolute atomic E-state index is 14.7. The molecule has 6 aromatic carbocycles. The minimum atomic E-state index is -1.10. The third kappa shape index (κ3) is 11.6. The quantitative estimate of drug-likeness (QED) is 0.0239. The number of carbonyl (C=O) groups excluding carboxylic acids is 4. The molecule has 370 valence electrons. The second-order valence-electron chi connectivity index (χ2n) is 18.1. The lowest BCUT2D eigenvalue weighted by atomic mass is 9.77. The maximum Gasteiger partial charge on any atom is 0.356 e. The lowest BCUT2D eigenvalue weighted by molar-refractivity contribution is -0.160. The summed E-state index contributed by atoms with van der Waals surface area (Å²) in [7, 11) is 0. The van der Waals surface area contributed by atoms with Crippen LogP contribution in [0.4, 0.5) is 5.13 Å². The number of carbonyl (C=O) groups is 4. The second-order valence-corrected chi connectivity index (χ2v) is 20.1. The van der Waals surface area contributed by atoms with Crippen LogP contribution in [0.2, 0.25) is 0 Å². The van der Waals surface area contributed by atoms with Crippen LogP contribution in [0.15, 0.2) is 216 Å². The lowest BCUT2D eigenvalue weighted by Gasteiger charge is -2.49. The predicted molar refractivity (Wildman–Crippen MR) is 289 cm³/mol. The molecule has 1 fully saturated rings. The number of allylic oxidation sites excluding steroid dienone is 2. The van der Waals surface area contributed by atoms with Gasteiger partial charge in [-0.2, -0.15) is 0 Å². The first kappa shape index (κ1) is 50.4. The van der Waals surface area contributed by atoms with Gasteiger partial charge in [0, 0.05) is 16.7 Å². The first-order chi connectivity index (χ1) is 36.0. The molecular weight excluding hydrogens is 967 g/mol. The van der Waals surface area contributed by atoms with Crippen molar-refractivity contribution in [1.82, 2.24) is 15.2 Å². The fourth-order valence-electron chi connectivity index (χ4n) is 8.61. The Kier molecular flexibility index (Phi) is 15.6. The number of esters is 2. The summed E-state index contributed by atoms with van der Waals surface area (Å²) in [6.45, 7) is 4.57. The van der Waals surface area contributed by atoms with Crippen LogP contribution in [0.5, 0.6) is 0 Å². The van der Waals surface area contributed by atoms with E-state index >= 15 is 0 Å². The standard InChI is InChI=1S/C60H51N5O7S2/c1-59(2,3)72-49(66)38-70-64-50(48-40-74-58(61-48)63-60(45-32-16-7-17-33-45,46-34-18-8-19-35-46)47-36-20-9-21-37-47)54(67)62-51-55(68)65-52(44(39-73-56(51)65)31-23-22-26-41-24-10-4-11-25-41)57(69)71-53(42-27-12-5-13-28-42)43-29-14-6-15-30-43/h4-21,23-25,27-37,40,51,53,56H,38-39H2,1-3H3,(H,61,63)(H,62,67)/b31-23-,64-50-/t51-,56-/m1/s1. The van der Waals surface area contributed by atoms with E-state index in [0.29, 0.717) is 10.7 Å². The number of amides is 2. The average Bonchev–Trinajstić information content (AvgIpc) is 3.90. The first-order valence-corrected chi connectivity index (χ1v) is 25.8. The molecule has 2 N–H and O–H groups in total. The zero-order valence-electron chi connectivity index (χ0n) is 40.7. The average molecular weight is 1020 g/mol. The zero-order chi connectivity index (χ0) is 51.5. The summed E-state index contributed by atoms with van der Waals surface area (Å²) in [5, 5.41) is 12.1. The highest BCUT2D eigenvalue weighted by molar-refractivity contribution is 8.00. The molecule has 3 heterocycles. The van der Waals surface area contributed by atoms with Crippen molar-refractivity contribution in [2.75, 3.05) is 17.7 Å². The number of ether oxygens (including phenoxy) is 2. The molecule has 12 nitrogen and oxygen atoms in total. The highest BCUT2D eigenvalue weighted by Crippen LogP contribution is 2.43. The van der Waals surface area contributed by atoms with Gasteiger partial charge in [0.1, 0.15) is 33.9 Å². The minimum Gasteiger partial charge on any atom is -0.457 e. The lowest BCUT2D eigenvalue weighted by Crippen LogP contribution is -2.71. The summed E-state index contributed by atoms with van der Waals surface area (Å²) in [5.41, 5.74) is 3.76. The number of thiazole rings is 1. The molecular formula is C60H51N5O7S2. The van der Waals surface area contributed by atoms with Crippen LogP contribution < -0.4 is 10.6 Å². The van der Waals surface area contributed by atoms with Gasteiger partial charge in [-0.3, -0.25) is 14.5 Å². The van der Waals surface area contributed by atoms with E-state index in [0.717, 1.165) is 33.4 Å². The largest absolute Gasteiger partial charge is 0.457 e. The number of benzene rings is 6. The van der Waals surface area contributed by atoms with E-state index in [9.17, 15) is 19.2 Å². The fraction of sp³-hybridized carbons (Fsp3) is 0.167. The Morgan fingerprint density at radius 2 is 1.30 bits per heavy atom. The SMILES string of the molecule is CC(C)(C)OC(=O)CO/N=C(\C(=O)N[C@@H]1C(=O)N2C(C(=O)OC(c3ccccc3)c3ccccc3)=C(/C=C\C#Cc3ccccc3)CS[C@H]12)c1csc(NC(c2ccccc2)(c2ccccc2)c2ccccc2)n1. The van der Waals surface area contributed by atoms with E-state index in [1.54, 1.807) is 38.3 Å². The Hall–Kier alpha value is -8.51. The minimum absolute atomic E-state index is 0.0439. The van der Waals surface area contributed by atoms with Crippen LogP contribution in [0, 0.1) is 11.8 Å². The Labute approximate surface area is 438 Å². The topological polar surface area (TPSA) is 149 Å². The number of nitrogens with zero attached hydrogens (tertiary/aromatic N) is 3. The molecule has 2 aliphatic heterocycles. The molecule has 1 aromatic heterocycles. The van der Waals surface area contributed by atoms with Crippen molar-refractivity contribution in [3.05, 3.63) is 250 Å². The molecule has 2 aliphatic rings. The third-order valence-electron chi connectivity index (χ3n) is 11.9. The molecule has 2 amide bonds. The predicted octanol–water partition coefficient (Wildman–Crippen LogP) is 10.2. The Morgan fingerprint density at radius 3 is 1.84 bits per heavy atom. The van der Waals surface area contributed by atoms with Crippen molar-refractivity contribution in [3.8, 4) is 11.8 Å². The number of β-lactam (4-membered cyclic amide) rings is 1. The van der Waals surface area contributed by atoms with Crippen LogP contribution >= 0.6 is 23.1 Å². The van der Waals surface area contributed by atoms with Gasteiger partial charge < -0.3 is 24.9 Å². The number of hydrogen-bond donors (Lipinski definition) is 2. The van der Waals surface area contributed by atoms with Gasteiger partial charge in [0.05, 0.1) is 0 Å². The van der Waals surface area contributed by atoms with Gasteiger partial charge in [0.25, 0.3) is 11.8 Å². The third-order valence-corrected chi connectivity index (χ3v) is 14.0. The maximum atomic E-state index is 14.7. The van der Waals surface area contributed by atoms with Crippen LogP contribution in [-0.4, -0.2) is 68.7 Å². The van der Waals surface area contributed by atoms with Crippen LogP contribution in [0.1, 0.15) is 65.9 Å². The van der Waals surface area contributed by atoms with Crippen molar-refractivity contribution in [1.29, 1.82) is 0 Å². The van der Waals surface area contributed by atoms with Crippen LogP contribution in [-0.2, 0) is 39.0 Å². The normalized spacial score (nSPS) is 15.6. The van der Waals surface area contributed by atoms with Crippen molar-refractivity contribution in [2.45, 2.75) is 49.4 Å². The molecule has 1 saturated heterocycles. The smallest absolute Gasteiger partial charge is 0.356 e. The number of aromatic nitrogens is 1. The zero-order valence-corrected chi connectivity index (χ0v) is 42.3.